The fourth-order valence-corrected chi connectivity index (χ4v) is 16.7. The minimum absolute atomic E-state index is 0. The molecule has 102 heavy (non-hydrogen) atoms. The first-order chi connectivity index (χ1) is 48.7. The lowest BCUT2D eigenvalue weighted by molar-refractivity contribution is 0.173. The van der Waals surface area contributed by atoms with Crippen molar-refractivity contribution >= 4 is 80.4 Å². The summed E-state index contributed by atoms with van der Waals surface area (Å²) in [7, 11) is 12.3. The van der Waals surface area contributed by atoms with Crippen LogP contribution >= 0.6 is 47.5 Å². The van der Waals surface area contributed by atoms with Crippen molar-refractivity contribution in [1.82, 2.24) is 45.3 Å². The molecule has 14 rings (SSSR count). The number of aryl methyl sites for hydroxylation is 3. The Morgan fingerprint density at radius 2 is 0.794 bits per heavy atom. The van der Waals surface area contributed by atoms with Crippen LogP contribution in [-0.4, -0.2) is 176 Å². The maximum Gasteiger partial charge on any atom is 0.175 e. The molecule has 4 N–H and O–H groups in total. The van der Waals surface area contributed by atoms with Crippen LogP contribution in [0.5, 0.6) is 17.2 Å². The van der Waals surface area contributed by atoms with Crippen LogP contribution in [0.1, 0.15) is 130 Å². The van der Waals surface area contributed by atoms with Gasteiger partial charge in [-0.15, -0.1) is 47.5 Å². The highest BCUT2D eigenvalue weighted by atomic mass is 35.5. The molecule has 0 radical (unpaired) electrons. The molecule has 5 aromatic heterocycles. The van der Waals surface area contributed by atoms with E-state index in [-0.39, 0.29) is 44.6 Å². The zero-order chi connectivity index (χ0) is 69.7. The van der Waals surface area contributed by atoms with Gasteiger partial charge in [0.05, 0.1) is 53.6 Å². The quantitative estimate of drug-likeness (QED) is 0.0316. The number of aliphatic hydroxyl groups is 3. The number of nitrogens with one attached hydrogen (secondary N) is 1. The number of hydrogen-bond donors (Lipinski definition) is 4. The Hall–Kier alpha value is -5.93. The molecule has 0 bridgehead atoms. The van der Waals surface area contributed by atoms with Gasteiger partial charge in [-0.05, 0) is 292 Å². The number of halogens is 2. The lowest BCUT2D eigenvalue weighted by Crippen LogP contribution is -2.33. The number of rotatable bonds is 31. The van der Waals surface area contributed by atoms with Gasteiger partial charge in [0.25, 0.3) is 0 Å². The van der Waals surface area contributed by atoms with E-state index in [1.165, 1.54) is 54.7 Å². The number of thiophene rings is 2. The SMILES string of the molecule is CN(C)Cc1c(OC[C@H]2C[C@H]2CO)ccc2c(CCC3CCN(Cc4ccc(C#N)s4)CC3)noc12.CN(C)Cc1c(OC[C@H]2C[C@H]2CO)ccc2c(CCC3CCN(Cc4ccc(C#N)s4)CC3)noc12.CN(C)Cc1c(OC[C@H]2C[C@H]2CO)ccc2c(CCC3CCNCC3)noc12.Cl.Cl. The van der Waals surface area contributed by atoms with Gasteiger partial charge >= 0.3 is 0 Å². The summed E-state index contributed by atoms with van der Waals surface area (Å²) in [4.78, 5) is 15.6. The van der Waals surface area contributed by atoms with Crippen molar-refractivity contribution in [3.8, 4) is 29.4 Å². The Bertz CT molecular complexity index is 3820. The van der Waals surface area contributed by atoms with E-state index in [4.69, 9.17) is 38.3 Å². The molecule has 0 spiro atoms. The molecule has 6 atom stereocenters. The van der Waals surface area contributed by atoms with Crippen molar-refractivity contribution in [3.05, 3.63) is 114 Å². The third-order valence-electron chi connectivity index (χ3n) is 21.6. The van der Waals surface area contributed by atoms with Gasteiger partial charge in [0.15, 0.2) is 16.7 Å². The maximum absolute atomic E-state index is 9.32. The Balaban J connectivity index is 0.000000165. The molecule has 24 heteroatoms. The minimum atomic E-state index is 0. The second-order valence-electron chi connectivity index (χ2n) is 30.1. The van der Waals surface area contributed by atoms with Crippen LogP contribution in [0.3, 0.4) is 0 Å². The van der Waals surface area contributed by atoms with E-state index in [0.717, 1.165) is 223 Å². The lowest BCUT2D eigenvalue weighted by Gasteiger charge is -2.31. The molecule has 3 aliphatic heterocycles. The second-order valence-corrected chi connectivity index (χ2v) is 32.4. The van der Waals surface area contributed by atoms with Crippen molar-refractivity contribution in [1.29, 1.82) is 10.5 Å². The summed E-state index contributed by atoms with van der Waals surface area (Å²) in [5, 5.41) is 66.1. The van der Waals surface area contributed by atoms with Crippen molar-refractivity contribution < 1.29 is 43.1 Å². The predicted molar refractivity (Wildman–Crippen MR) is 406 cm³/mol. The monoisotopic (exact) mass is 1480 g/mol. The van der Waals surface area contributed by atoms with E-state index in [9.17, 15) is 15.3 Å². The number of nitriles is 2. The van der Waals surface area contributed by atoms with Crippen LogP contribution in [0.25, 0.3) is 32.9 Å². The fourth-order valence-electron chi connectivity index (χ4n) is 15.0. The number of likely N-dealkylation sites (tertiary alicyclic amines) is 2. The third-order valence-corrected chi connectivity index (χ3v) is 23.5. The zero-order valence-corrected chi connectivity index (χ0v) is 63.8. The Kier molecular flexibility index (Phi) is 29.2. The summed E-state index contributed by atoms with van der Waals surface area (Å²) in [6, 6.07) is 25.0. The van der Waals surface area contributed by atoms with Crippen molar-refractivity contribution in [2.24, 2.45) is 53.3 Å². The number of piperidine rings is 3. The van der Waals surface area contributed by atoms with Crippen LogP contribution in [-0.2, 0) is 52.0 Å². The first-order valence-electron chi connectivity index (χ1n) is 36.7. The number of fused-ring (bicyclic) bond motifs is 3. The highest BCUT2D eigenvalue weighted by Crippen LogP contribution is 2.43. The Labute approximate surface area is 622 Å². The largest absolute Gasteiger partial charge is 0.493 e. The fraction of sp³-hybridized carbons (Fsp3) is 0.603. The molecule has 3 saturated heterocycles. The van der Waals surface area contributed by atoms with Crippen LogP contribution < -0.4 is 19.5 Å². The molecule has 3 aromatic carbocycles. The van der Waals surface area contributed by atoms with Crippen molar-refractivity contribution in [2.75, 3.05) is 121 Å². The molecule has 3 aliphatic carbocycles. The Morgan fingerprint density at radius 3 is 1.08 bits per heavy atom. The van der Waals surface area contributed by atoms with Gasteiger partial charge in [0.1, 0.15) is 39.1 Å². The van der Waals surface area contributed by atoms with Crippen molar-refractivity contribution in [3.63, 3.8) is 0 Å². The third kappa shape index (κ3) is 21.2. The normalized spacial score (nSPS) is 20.9. The summed E-state index contributed by atoms with van der Waals surface area (Å²) >= 11 is 3.22. The summed E-state index contributed by atoms with van der Waals surface area (Å²) < 4.78 is 36.1. The van der Waals surface area contributed by atoms with E-state index >= 15 is 0 Å². The molecule has 554 valence electrons. The average Bonchev–Trinajstić information content (AvgIpc) is 1.62. The van der Waals surface area contributed by atoms with Crippen molar-refractivity contribution in [2.45, 2.75) is 129 Å². The molecular formula is C78H107Cl2N11O9S2. The van der Waals surface area contributed by atoms with Gasteiger partial charge in [-0.1, -0.05) is 15.5 Å². The summed E-state index contributed by atoms with van der Waals surface area (Å²) in [6.07, 6.45) is 16.7. The lowest BCUT2D eigenvalue weighted by atomic mass is 9.91. The topological polar surface area (TPSA) is 242 Å². The molecule has 3 saturated carbocycles. The number of benzene rings is 3. The number of aliphatic hydroxyl groups excluding tert-OH is 3. The molecule has 0 unspecified atom stereocenters. The first kappa shape index (κ1) is 78.7. The standard InChI is InChI=1S/2C28H36N4O3S.C22H33N3O3.2ClH/c2*1-31(2)16-25-27(34-18-21-13-20(21)17-33)8-6-24-26(30-35-28(24)25)7-3-19-9-11-32(12-10-19)15-23-5-4-22(14-29)36-23;1-25(2)12-19-21(27-14-17-11-16(17)13-26)6-4-18-20(24-28-22(18)19)5-3-15-7-9-23-10-8-15;;/h2*4-6,8,19-21,33H,3,7,9-13,15-18H2,1-2H3;4,6,15-17,23,26H,3,5,7-14H2,1-2H3;2*1H/t2*20-,21+;16-,17+;;/m000../s1. The van der Waals surface area contributed by atoms with E-state index in [2.05, 4.69) is 148 Å². The van der Waals surface area contributed by atoms with Crippen LogP contribution in [0.2, 0.25) is 0 Å². The number of nitrogens with zero attached hydrogens (tertiary/aromatic N) is 10. The molecule has 8 heterocycles. The molecule has 8 aromatic rings. The summed E-state index contributed by atoms with van der Waals surface area (Å²) in [5.74, 6) is 7.37. The number of ether oxygens (including phenoxy) is 3. The van der Waals surface area contributed by atoms with E-state index in [1.54, 1.807) is 22.7 Å². The minimum Gasteiger partial charge on any atom is -0.493 e. The summed E-state index contributed by atoms with van der Waals surface area (Å²) in [5.41, 5.74) is 8.89. The van der Waals surface area contributed by atoms with Crippen LogP contribution in [0.4, 0.5) is 0 Å². The zero-order valence-electron chi connectivity index (χ0n) is 60.5. The smallest absolute Gasteiger partial charge is 0.175 e. The van der Waals surface area contributed by atoms with Gasteiger partial charge in [-0.3, -0.25) is 9.80 Å². The van der Waals surface area contributed by atoms with E-state index in [0.29, 0.717) is 67.2 Å². The number of hydrogen-bond acceptors (Lipinski definition) is 22. The Morgan fingerprint density at radius 1 is 0.471 bits per heavy atom. The van der Waals surface area contributed by atoms with E-state index in [1.807, 2.05) is 12.1 Å². The maximum atomic E-state index is 9.32. The number of aromatic nitrogens is 3. The average molecular weight is 1480 g/mol. The van der Waals surface area contributed by atoms with E-state index < -0.39 is 0 Å². The molecular weight excluding hydrogens is 1370 g/mol. The highest BCUT2D eigenvalue weighted by molar-refractivity contribution is 7.12. The first-order valence-corrected chi connectivity index (χ1v) is 38.3. The molecule has 6 aliphatic rings. The second kappa shape index (κ2) is 37.9. The van der Waals surface area contributed by atoms with Gasteiger partial charge in [0, 0.05) is 78.5 Å². The van der Waals surface area contributed by atoms with Gasteiger partial charge in [0.2, 0.25) is 0 Å². The van der Waals surface area contributed by atoms with Crippen LogP contribution in [0, 0.1) is 75.9 Å². The molecule has 6 fully saturated rings. The highest BCUT2D eigenvalue weighted by Gasteiger charge is 2.39. The van der Waals surface area contributed by atoms with Gasteiger partial charge in [-0.25, -0.2) is 0 Å². The molecule has 20 nitrogen and oxygen atoms in total. The van der Waals surface area contributed by atoms with Gasteiger partial charge < -0.3 is 63.1 Å². The summed E-state index contributed by atoms with van der Waals surface area (Å²) in [6.45, 7) is 13.5. The van der Waals surface area contributed by atoms with Gasteiger partial charge in [-0.2, -0.15) is 10.5 Å². The van der Waals surface area contributed by atoms with Crippen LogP contribution in [0.15, 0.2) is 74.2 Å². The molecule has 0 amide bonds. The predicted octanol–water partition coefficient (Wildman–Crippen LogP) is 13.0.